The second-order valence-corrected chi connectivity index (χ2v) is 5.11. The van der Waals surface area contributed by atoms with Crippen LogP contribution in [0.5, 0.6) is 0 Å². The van der Waals surface area contributed by atoms with Gasteiger partial charge in [0.25, 0.3) is 0 Å². The van der Waals surface area contributed by atoms with Crippen molar-refractivity contribution in [3.63, 3.8) is 0 Å². The molecule has 0 saturated carbocycles. The molecule has 0 radical (unpaired) electrons. The maximum Gasteiger partial charge on any atom is 0.248 e. The molecule has 1 aliphatic rings. The van der Waals surface area contributed by atoms with Gasteiger partial charge in [0.05, 0.1) is 6.42 Å². The third kappa shape index (κ3) is 2.72. The highest BCUT2D eigenvalue weighted by atomic mass is 16.2. The van der Waals surface area contributed by atoms with Gasteiger partial charge in [-0.1, -0.05) is 18.2 Å². The zero-order valence-electron chi connectivity index (χ0n) is 11.2. The molecule has 1 saturated heterocycles. The van der Waals surface area contributed by atoms with Crippen molar-refractivity contribution >= 4 is 16.8 Å². The smallest absolute Gasteiger partial charge is 0.248 e. The summed E-state index contributed by atoms with van der Waals surface area (Å²) in [6.07, 6.45) is 2.46. The summed E-state index contributed by atoms with van der Waals surface area (Å²) in [5, 5.41) is 2.86. The summed E-state index contributed by atoms with van der Waals surface area (Å²) in [4.78, 5) is 26.5. The first-order chi connectivity index (χ1) is 9.72. The molecule has 2 aromatic rings. The Bertz CT molecular complexity index is 687. The molecule has 2 heterocycles. The second-order valence-electron chi connectivity index (χ2n) is 5.11. The molecule has 1 aliphatic heterocycles. The molecule has 5 heteroatoms. The van der Waals surface area contributed by atoms with Crippen LogP contribution in [0.3, 0.4) is 0 Å². The van der Waals surface area contributed by atoms with E-state index in [9.17, 15) is 9.59 Å². The van der Waals surface area contributed by atoms with Crippen LogP contribution in [0, 0.1) is 0 Å². The zero-order valence-corrected chi connectivity index (χ0v) is 11.2. The fourth-order valence-corrected chi connectivity index (χ4v) is 2.64. The number of aromatic amines is 1. The van der Waals surface area contributed by atoms with Crippen LogP contribution in [0.1, 0.15) is 18.4 Å². The van der Waals surface area contributed by atoms with E-state index in [0.717, 1.165) is 42.4 Å². The maximum absolute atomic E-state index is 12.1. The number of nitrogens with zero attached hydrogens (tertiary/aromatic N) is 1. The summed E-state index contributed by atoms with van der Waals surface area (Å²) in [5.74, 6) is -0.0670. The van der Waals surface area contributed by atoms with Crippen molar-refractivity contribution in [2.24, 2.45) is 0 Å². The standard InChI is InChI=1S/C15H17N3O2/c19-14-9-11(12-5-1-2-6-13(12)16-14)10-15(20)17-18-7-3-4-8-18/h1-2,5-6,9H,3-4,7-8,10H2,(H,16,19)(H,17,20). The lowest BCUT2D eigenvalue weighted by molar-refractivity contribution is -0.124. The minimum Gasteiger partial charge on any atom is -0.322 e. The topological polar surface area (TPSA) is 65.2 Å². The Balaban J connectivity index is 1.82. The molecule has 1 fully saturated rings. The molecule has 0 atom stereocenters. The SMILES string of the molecule is O=C(Cc1cc(=O)[nH]c2ccccc12)NN1CCCC1. The van der Waals surface area contributed by atoms with Crippen molar-refractivity contribution in [1.82, 2.24) is 15.4 Å². The van der Waals surface area contributed by atoms with Gasteiger partial charge in [-0.05, 0) is 24.5 Å². The Morgan fingerprint density at radius 2 is 2.00 bits per heavy atom. The quantitative estimate of drug-likeness (QED) is 0.881. The number of para-hydroxylation sites is 1. The average Bonchev–Trinajstić information content (AvgIpc) is 2.91. The molecule has 5 nitrogen and oxygen atoms in total. The van der Waals surface area contributed by atoms with E-state index in [2.05, 4.69) is 10.4 Å². The lowest BCUT2D eigenvalue weighted by Gasteiger charge is -2.16. The van der Waals surface area contributed by atoms with E-state index in [1.807, 2.05) is 29.3 Å². The minimum atomic E-state index is -0.173. The van der Waals surface area contributed by atoms with Gasteiger partial charge in [-0.2, -0.15) is 0 Å². The molecule has 0 aliphatic carbocycles. The van der Waals surface area contributed by atoms with E-state index in [1.165, 1.54) is 6.07 Å². The van der Waals surface area contributed by atoms with E-state index in [0.29, 0.717) is 0 Å². The van der Waals surface area contributed by atoms with Gasteiger partial charge in [-0.3, -0.25) is 15.0 Å². The Morgan fingerprint density at radius 1 is 1.25 bits per heavy atom. The molecule has 0 unspecified atom stereocenters. The highest BCUT2D eigenvalue weighted by Crippen LogP contribution is 2.15. The Kier molecular flexibility index (Phi) is 3.52. The van der Waals surface area contributed by atoms with Crippen molar-refractivity contribution < 1.29 is 4.79 Å². The van der Waals surface area contributed by atoms with E-state index in [4.69, 9.17) is 0 Å². The number of amides is 1. The van der Waals surface area contributed by atoms with Crippen molar-refractivity contribution in [3.05, 3.63) is 46.2 Å². The Labute approximate surface area is 116 Å². The lowest BCUT2D eigenvalue weighted by Crippen LogP contribution is -2.40. The first kappa shape index (κ1) is 12.9. The molecule has 0 spiro atoms. The summed E-state index contributed by atoms with van der Waals surface area (Å²) < 4.78 is 0. The van der Waals surface area contributed by atoms with Gasteiger partial charge in [0.1, 0.15) is 0 Å². The third-order valence-electron chi connectivity index (χ3n) is 3.58. The van der Waals surface area contributed by atoms with E-state index >= 15 is 0 Å². The monoisotopic (exact) mass is 271 g/mol. The van der Waals surface area contributed by atoms with Crippen LogP contribution in [-0.4, -0.2) is 29.0 Å². The molecular weight excluding hydrogens is 254 g/mol. The number of benzene rings is 1. The molecule has 104 valence electrons. The molecule has 0 bridgehead atoms. The number of fused-ring (bicyclic) bond motifs is 1. The number of H-pyrrole nitrogens is 1. The molecule has 1 aromatic heterocycles. The summed E-state index contributed by atoms with van der Waals surface area (Å²) in [7, 11) is 0. The molecule has 1 aromatic carbocycles. The van der Waals surface area contributed by atoms with Gasteiger partial charge in [0, 0.05) is 30.1 Å². The zero-order chi connectivity index (χ0) is 13.9. The van der Waals surface area contributed by atoms with Gasteiger partial charge < -0.3 is 4.98 Å². The number of carbonyl (C=O) groups excluding carboxylic acids is 1. The largest absolute Gasteiger partial charge is 0.322 e. The first-order valence-electron chi connectivity index (χ1n) is 6.88. The van der Waals surface area contributed by atoms with Gasteiger partial charge in [0.15, 0.2) is 0 Å². The third-order valence-corrected chi connectivity index (χ3v) is 3.58. The summed E-state index contributed by atoms with van der Waals surface area (Å²) in [5.41, 5.74) is 4.25. The molecule has 20 heavy (non-hydrogen) atoms. The number of hydrogen-bond acceptors (Lipinski definition) is 3. The number of hydrazine groups is 1. The van der Waals surface area contributed by atoms with Crippen molar-refractivity contribution in [1.29, 1.82) is 0 Å². The van der Waals surface area contributed by atoms with E-state index < -0.39 is 0 Å². The van der Waals surface area contributed by atoms with Gasteiger partial charge in [0.2, 0.25) is 11.5 Å². The number of nitrogens with one attached hydrogen (secondary N) is 2. The summed E-state index contributed by atoms with van der Waals surface area (Å²) >= 11 is 0. The lowest BCUT2D eigenvalue weighted by atomic mass is 10.1. The van der Waals surface area contributed by atoms with E-state index in [1.54, 1.807) is 0 Å². The molecule has 1 amide bonds. The predicted molar refractivity (Wildman–Crippen MR) is 77.2 cm³/mol. The highest BCUT2D eigenvalue weighted by Gasteiger charge is 2.15. The van der Waals surface area contributed by atoms with Crippen LogP contribution >= 0.6 is 0 Å². The number of hydrogen-bond donors (Lipinski definition) is 2. The van der Waals surface area contributed by atoms with E-state index in [-0.39, 0.29) is 17.9 Å². The van der Waals surface area contributed by atoms with Gasteiger partial charge in [-0.25, -0.2) is 5.01 Å². The summed E-state index contributed by atoms with van der Waals surface area (Å²) in [6.45, 7) is 1.81. The predicted octanol–water partition coefficient (Wildman–Crippen LogP) is 1.20. The first-order valence-corrected chi connectivity index (χ1v) is 6.88. The van der Waals surface area contributed by atoms with Crippen LogP contribution in [0.25, 0.3) is 10.9 Å². The van der Waals surface area contributed by atoms with Crippen LogP contribution in [0.2, 0.25) is 0 Å². The van der Waals surface area contributed by atoms with Gasteiger partial charge in [-0.15, -0.1) is 0 Å². The normalized spacial score (nSPS) is 15.6. The van der Waals surface area contributed by atoms with Crippen molar-refractivity contribution in [2.75, 3.05) is 13.1 Å². The fourth-order valence-electron chi connectivity index (χ4n) is 2.64. The maximum atomic E-state index is 12.1. The summed E-state index contributed by atoms with van der Waals surface area (Å²) in [6, 6.07) is 9.04. The van der Waals surface area contributed by atoms with Crippen LogP contribution in [-0.2, 0) is 11.2 Å². The van der Waals surface area contributed by atoms with Crippen LogP contribution in [0.15, 0.2) is 35.1 Å². The number of carbonyl (C=O) groups is 1. The molecule has 3 rings (SSSR count). The fraction of sp³-hybridized carbons (Fsp3) is 0.333. The van der Waals surface area contributed by atoms with Crippen molar-refractivity contribution in [2.45, 2.75) is 19.3 Å². The number of aromatic nitrogens is 1. The molecule has 2 N–H and O–H groups in total. The Morgan fingerprint density at radius 3 is 2.80 bits per heavy atom. The van der Waals surface area contributed by atoms with Crippen molar-refractivity contribution in [3.8, 4) is 0 Å². The second kappa shape index (κ2) is 5.46. The number of pyridine rings is 1. The highest BCUT2D eigenvalue weighted by molar-refractivity contribution is 5.87. The minimum absolute atomic E-state index is 0.0670. The Hall–Kier alpha value is -2.14. The average molecular weight is 271 g/mol. The van der Waals surface area contributed by atoms with Crippen LogP contribution < -0.4 is 11.0 Å². The van der Waals surface area contributed by atoms with Gasteiger partial charge >= 0.3 is 0 Å². The number of rotatable bonds is 3. The molecular formula is C15H17N3O2. The van der Waals surface area contributed by atoms with Crippen LogP contribution in [0.4, 0.5) is 0 Å².